The number of ether oxygens (including phenoxy) is 1. The summed E-state index contributed by atoms with van der Waals surface area (Å²) in [6.45, 7) is 0.612. The summed E-state index contributed by atoms with van der Waals surface area (Å²) >= 11 is 0. The van der Waals surface area contributed by atoms with E-state index in [9.17, 15) is 5.26 Å². The minimum absolute atomic E-state index is 0.318. The molecule has 6 heteroatoms. The largest absolute Gasteiger partial charge is 0.479 e. The van der Waals surface area contributed by atoms with Crippen molar-refractivity contribution < 1.29 is 4.74 Å². The highest BCUT2D eigenvalue weighted by molar-refractivity contribution is 5.87. The van der Waals surface area contributed by atoms with Crippen LogP contribution < -0.4 is 4.74 Å². The van der Waals surface area contributed by atoms with Crippen molar-refractivity contribution in [2.45, 2.75) is 6.54 Å². The first-order valence-corrected chi connectivity index (χ1v) is 6.03. The van der Waals surface area contributed by atoms with Crippen LogP contribution in [0.15, 0.2) is 36.5 Å². The highest BCUT2D eigenvalue weighted by Crippen LogP contribution is 2.26. The average Bonchev–Trinajstić information content (AvgIpc) is 2.86. The molecule has 3 rings (SSSR count). The van der Waals surface area contributed by atoms with Gasteiger partial charge in [-0.3, -0.25) is 0 Å². The lowest BCUT2D eigenvalue weighted by molar-refractivity contribution is 0.395. The van der Waals surface area contributed by atoms with Crippen LogP contribution in [0.1, 0.15) is 11.1 Å². The molecule has 0 fully saturated rings. The quantitative estimate of drug-likeness (QED) is 0.721. The third-order valence-corrected chi connectivity index (χ3v) is 3.05. The Labute approximate surface area is 115 Å². The molecule has 0 aliphatic rings. The van der Waals surface area contributed by atoms with Gasteiger partial charge in [0.2, 0.25) is 5.88 Å². The Kier molecular flexibility index (Phi) is 3.01. The van der Waals surface area contributed by atoms with Crippen molar-refractivity contribution in [2.75, 3.05) is 7.11 Å². The number of fused-ring (bicyclic) bond motifs is 1. The molecule has 0 bridgehead atoms. The molecule has 98 valence electrons. The van der Waals surface area contributed by atoms with E-state index in [0.29, 0.717) is 29.0 Å². The smallest absolute Gasteiger partial charge is 0.247 e. The zero-order valence-electron chi connectivity index (χ0n) is 10.8. The molecular weight excluding hydrogens is 254 g/mol. The maximum absolute atomic E-state index is 9.24. The fraction of sp³-hybridized carbons (Fsp3) is 0.143. The van der Waals surface area contributed by atoms with Gasteiger partial charge in [0.25, 0.3) is 0 Å². The normalized spacial score (nSPS) is 10.4. The zero-order valence-corrected chi connectivity index (χ0v) is 10.8. The molecule has 0 spiro atoms. The van der Waals surface area contributed by atoms with Crippen LogP contribution >= 0.6 is 0 Å². The predicted molar refractivity (Wildman–Crippen MR) is 72.1 cm³/mol. The molecule has 0 amide bonds. The van der Waals surface area contributed by atoms with Crippen molar-refractivity contribution in [1.82, 2.24) is 20.0 Å². The van der Waals surface area contributed by atoms with Crippen molar-refractivity contribution in [3.63, 3.8) is 0 Å². The third-order valence-electron chi connectivity index (χ3n) is 3.05. The number of methoxy groups -OCH3 is 1. The van der Waals surface area contributed by atoms with E-state index in [4.69, 9.17) is 4.74 Å². The number of hydrogen-bond donors (Lipinski definition) is 0. The molecule has 20 heavy (non-hydrogen) atoms. The first-order chi connectivity index (χ1) is 9.83. The number of nitriles is 1. The van der Waals surface area contributed by atoms with Gasteiger partial charge in [0, 0.05) is 12.7 Å². The molecule has 0 aliphatic carbocycles. The molecule has 0 radical (unpaired) electrons. The SMILES string of the molecule is COc1nnnc2c1c(C#N)cn2Cc1ccccc1. The van der Waals surface area contributed by atoms with Crippen molar-refractivity contribution in [3.05, 3.63) is 47.7 Å². The molecule has 6 nitrogen and oxygen atoms in total. The van der Waals surface area contributed by atoms with Crippen LogP contribution in [0, 0.1) is 11.3 Å². The highest BCUT2D eigenvalue weighted by Gasteiger charge is 2.16. The summed E-state index contributed by atoms with van der Waals surface area (Å²) < 4.78 is 7.03. The van der Waals surface area contributed by atoms with Gasteiger partial charge in [0.15, 0.2) is 5.65 Å². The second-order valence-electron chi connectivity index (χ2n) is 4.27. The van der Waals surface area contributed by atoms with Gasteiger partial charge in [-0.05, 0) is 10.8 Å². The second kappa shape index (κ2) is 4.97. The average molecular weight is 265 g/mol. The van der Waals surface area contributed by atoms with E-state index in [0.717, 1.165) is 5.56 Å². The topological polar surface area (TPSA) is 76.6 Å². The Balaban J connectivity index is 2.15. The minimum atomic E-state index is 0.318. The summed E-state index contributed by atoms with van der Waals surface area (Å²) in [4.78, 5) is 0. The summed E-state index contributed by atoms with van der Waals surface area (Å²) in [6.07, 6.45) is 1.75. The van der Waals surface area contributed by atoms with Crippen LogP contribution in [-0.4, -0.2) is 27.1 Å². The van der Waals surface area contributed by atoms with Gasteiger partial charge in [0.05, 0.1) is 12.7 Å². The molecule has 0 atom stereocenters. The number of hydrogen-bond acceptors (Lipinski definition) is 5. The summed E-state index contributed by atoms with van der Waals surface area (Å²) in [5.74, 6) is 0.318. The Hall–Kier alpha value is -2.94. The van der Waals surface area contributed by atoms with E-state index in [1.807, 2.05) is 34.9 Å². The molecule has 0 saturated heterocycles. The summed E-state index contributed by atoms with van der Waals surface area (Å²) in [6, 6.07) is 12.1. The predicted octanol–water partition coefficient (Wildman–Crippen LogP) is 1.75. The summed E-state index contributed by atoms with van der Waals surface area (Å²) in [7, 11) is 1.50. The maximum atomic E-state index is 9.24. The maximum Gasteiger partial charge on any atom is 0.247 e. The number of nitrogens with zero attached hydrogens (tertiary/aromatic N) is 5. The Morgan fingerprint density at radius 2 is 2.05 bits per heavy atom. The van der Waals surface area contributed by atoms with E-state index < -0.39 is 0 Å². The minimum Gasteiger partial charge on any atom is -0.479 e. The summed E-state index contributed by atoms with van der Waals surface area (Å²) in [5, 5.41) is 21.3. The Bertz CT molecular complexity index is 788. The Morgan fingerprint density at radius 3 is 2.75 bits per heavy atom. The molecule has 0 saturated carbocycles. The monoisotopic (exact) mass is 265 g/mol. The number of rotatable bonds is 3. The summed E-state index contributed by atoms with van der Waals surface area (Å²) in [5.41, 5.74) is 2.19. The van der Waals surface area contributed by atoms with Gasteiger partial charge in [-0.2, -0.15) is 5.26 Å². The van der Waals surface area contributed by atoms with Gasteiger partial charge in [0.1, 0.15) is 11.5 Å². The standard InChI is InChI=1S/C14H11N5O/c1-20-14-12-11(7-15)9-19(13(12)16-18-17-14)8-10-5-3-2-4-6-10/h2-6,9H,8H2,1H3. The van der Waals surface area contributed by atoms with Gasteiger partial charge in [-0.25, -0.2) is 0 Å². The van der Waals surface area contributed by atoms with E-state index in [2.05, 4.69) is 21.5 Å². The van der Waals surface area contributed by atoms with Crippen LogP contribution in [0.5, 0.6) is 5.88 Å². The van der Waals surface area contributed by atoms with E-state index in [1.165, 1.54) is 7.11 Å². The van der Waals surface area contributed by atoms with E-state index in [-0.39, 0.29) is 0 Å². The van der Waals surface area contributed by atoms with Gasteiger partial charge in [-0.1, -0.05) is 35.4 Å². The molecule has 3 aromatic rings. The second-order valence-corrected chi connectivity index (χ2v) is 4.27. The van der Waals surface area contributed by atoms with Gasteiger partial charge in [-0.15, -0.1) is 5.10 Å². The molecule has 0 unspecified atom stereocenters. The van der Waals surface area contributed by atoms with Crippen LogP contribution in [0.25, 0.3) is 11.0 Å². The lowest BCUT2D eigenvalue weighted by Gasteiger charge is -2.04. The van der Waals surface area contributed by atoms with Gasteiger partial charge >= 0.3 is 0 Å². The lowest BCUT2D eigenvalue weighted by Crippen LogP contribution is -2.01. The number of aromatic nitrogens is 4. The van der Waals surface area contributed by atoms with E-state index >= 15 is 0 Å². The number of benzene rings is 1. The zero-order chi connectivity index (χ0) is 13.9. The van der Waals surface area contributed by atoms with Crippen molar-refractivity contribution in [2.24, 2.45) is 0 Å². The van der Waals surface area contributed by atoms with Crippen LogP contribution in [-0.2, 0) is 6.54 Å². The molecule has 2 aromatic heterocycles. The first-order valence-electron chi connectivity index (χ1n) is 6.03. The molecular formula is C14H11N5O. The Morgan fingerprint density at radius 1 is 1.25 bits per heavy atom. The van der Waals surface area contributed by atoms with Crippen LogP contribution in [0.4, 0.5) is 0 Å². The lowest BCUT2D eigenvalue weighted by atomic mass is 10.2. The highest BCUT2D eigenvalue weighted by atomic mass is 16.5. The molecule has 0 aliphatic heterocycles. The van der Waals surface area contributed by atoms with Crippen molar-refractivity contribution in [1.29, 1.82) is 5.26 Å². The fourth-order valence-corrected chi connectivity index (χ4v) is 2.15. The van der Waals surface area contributed by atoms with Crippen molar-refractivity contribution >= 4 is 11.0 Å². The molecule has 0 N–H and O–H groups in total. The van der Waals surface area contributed by atoms with E-state index in [1.54, 1.807) is 6.20 Å². The third kappa shape index (κ3) is 1.95. The van der Waals surface area contributed by atoms with Gasteiger partial charge < -0.3 is 9.30 Å². The van der Waals surface area contributed by atoms with Crippen LogP contribution in [0.2, 0.25) is 0 Å². The first kappa shape index (κ1) is 12.1. The van der Waals surface area contributed by atoms with Crippen LogP contribution in [0.3, 0.4) is 0 Å². The molecule has 2 heterocycles. The fourth-order valence-electron chi connectivity index (χ4n) is 2.15. The van der Waals surface area contributed by atoms with Crippen molar-refractivity contribution in [3.8, 4) is 11.9 Å². The molecule has 1 aromatic carbocycles.